The van der Waals surface area contributed by atoms with Gasteiger partial charge >= 0.3 is 0 Å². The monoisotopic (exact) mass is 404 g/mol. The lowest BCUT2D eigenvalue weighted by Gasteiger charge is -2.14. The van der Waals surface area contributed by atoms with E-state index < -0.39 is 0 Å². The lowest BCUT2D eigenvalue weighted by molar-refractivity contribution is 0.0778. The molecule has 3 aromatic rings. The van der Waals surface area contributed by atoms with Crippen LogP contribution >= 0.6 is 0 Å². The molecule has 1 aliphatic rings. The normalized spacial score (nSPS) is 12.8. The number of nitrogens with one attached hydrogen (secondary N) is 1. The number of ether oxygens (including phenoxy) is 1. The molecule has 4 rings (SSSR count). The zero-order valence-electron chi connectivity index (χ0n) is 17.3. The molecular weight excluding hydrogens is 380 g/mol. The van der Waals surface area contributed by atoms with Crippen molar-refractivity contribution < 1.29 is 14.3 Å². The highest BCUT2D eigenvalue weighted by Gasteiger charge is 2.31. The predicted octanol–water partition coefficient (Wildman–Crippen LogP) is 4.14. The van der Waals surface area contributed by atoms with Gasteiger partial charge in [0, 0.05) is 42.5 Å². The van der Waals surface area contributed by atoms with Crippen molar-refractivity contribution in [1.29, 1.82) is 0 Å². The van der Waals surface area contributed by atoms with Crippen molar-refractivity contribution >= 4 is 17.6 Å². The summed E-state index contributed by atoms with van der Waals surface area (Å²) < 4.78 is 7.73. The Morgan fingerprint density at radius 3 is 2.63 bits per heavy atom. The van der Waals surface area contributed by atoms with E-state index in [1.807, 2.05) is 38.1 Å². The van der Waals surface area contributed by atoms with Gasteiger partial charge in [0.25, 0.3) is 11.8 Å². The fourth-order valence-electron chi connectivity index (χ4n) is 3.51. The van der Waals surface area contributed by atoms with E-state index in [1.165, 1.54) is 0 Å². The molecule has 1 aliphatic heterocycles. The molecule has 0 unspecified atom stereocenters. The highest BCUT2D eigenvalue weighted by molar-refractivity contribution is 6.07. The summed E-state index contributed by atoms with van der Waals surface area (Å²) in [5.74, 6) is 1.21. The number of nitrogens with zero attached hydrogens (tertiary/aromatic N) is 3. The van der Waals surface area contributed by atoms with Gasteiger partial charge in [-0.3, -0.25) is 14.3 Å². The van der Waals surface area contributed by atoms with E-state index >= 15 is 0 Å². The van der Waals surface area contributed by atoms with Gasteiger partial charge in [-0.1, -0.05) is 24.6 Å². The van der Waals surface area contributed by atoms with Crippen molar-refractivity contribution in [3.8, 4) is 11.5 Å². The molecule has 0 fully saturated rings. The molecule has 30 heavy (non-hydrogen) atoms. The third-order valence-corrected chi connectivity index (χ3v) is 5.04. The fourth-order valence-corrected chi connectivity index (χ4v) is 3.51. The lowest BCUT2D eigenvalue weighted by atomic mass is 10.0. The number of hydrogen-bond acceptors (Lipinski definition) is 4. The summed E-state index contributed by atoms with van der Waals surface area (Å²) >= 11 is 0. The number of anilines is 1. The van der Waals surface area contributed by atoms with E-state index in [4.69, 9.17) is 4.74 Å². The molecule has 0 spiro atoms. The Balaban J connectivity index is 1.70. The van der Waals surface area contributed by atoms with Gasteiger partial charge in [0.1, 0.15) is 11.5 Å². The average molecular weight is 404 g/mol. The van der Waals surface area contributed by atoms with Crippen LogP contribution in [0.3, 0.4) is 0 Å². The molecule has 1 N–H and O–H groups in total. The maximum Gasteiger partial charge on any atom is 0.257 e. The van der Waals surface area contributed by atoms with Crippen molar-refractivity contribution in [1.82, 2.24) is 14.7 Å². The number of carbonyl (C=O) groups is 2. The van der Waals surface area contributed by atoms with Gasteiger partial charge in [-0.05, 0) is 37.6 Å². The number of hydrogen-bond donors (Lipinski definition) is 1. The number of fused-ring (bicyclic) bond motifs is 1. The molecule has 7 heteroatoms. The summed E-state index contributed by atoms with van der Waals surface area (Å²) in [5.41, 5.74) is 2.80. The van der Waals surface area contributed by atoms with Crippen molar-refractivity contribution in [3.05, 3.63) is 70.9 Å². The summed E-state index contributed by atoms with van der Waals surface area (Å²) in [6, 6.07) is 12.7. The van der Waals surface area contributed by atoms with Gasteiger partial charge in [-0.2, -0.15) is 5.10 Å². The van der Waals surface area contributed by atoms with Crippen molar-refractivity contribution in [2.24, 2.45) is 7.05 Å². The molecule has 0 atom stereocenters. The highest BCUT2D eigenvalue weighted by atomic mass is 16.5. The maximum atomic E-state index is 12.9. The minimum absolute atomic E-state index is 0.0758. The molecule has 7 nitrogen and oxygen atoms in total. The van der Waals surface area contributed by atoms with Crippen LogP contribution < -0.4 is 10.1 Å². The molecule has 0 bridgehead atoms. The molecule has 0 radical (unpaired) electrons. The molecule has 2 amide bonds. The third kappa shape index (κ3) is 3.91. The van der Waals surface area contributed by atoms with Crippen LogP contribution in [0.1, 0.15) is 45.2 Å². The van der Waals surface area contributed by atoms with Crippen LogP contribution in [0.5, 0.6) is 11.5 Å². The van der Waals surface area contributed by atoms with E-state index in [0.29, 0.717) is 41.5 Å². The van der Waals surface area contributed by atoms with Gasteiger partial charge in [-0.15, -0.1) is 0 Å². The SMILES string of the molecule is CCCN1Cc2c(Oc3ccc(C)cc3)cc(C(=O)Nc3ccn(C)n3)cc2C1=O. The number of aromatic nitrogens is 2. The first-order valence-electron chi connectivity index (χ1n) is 9.96. The first kappa shape index (κ1) is 19.7. The maximum absolute atomic E-state index is 12.9. The van der Waals surface area contributed by atoms with E-state index in [2.05, 4.69) is 10.4 Å². The van der Waals surface area contributed by atoms with Crippen LogP contribution in [0.2, 0.25) is 0 Å². The van der Waals surface area contributed by atoms with Gasteiger partial charge in [0.05, 0.1) is 6.54 Å². The summed E-state index contributed by atoms with van der Waals surface area (Å²) in [6.07, 6.45) is 2.61. The number of benzene rings is 2. The lowest BCUT2D eigenvalue weighted by Crippen LogP contribution is -2.24. The second kappa shape index (κ2) is 8.02. The summed E-state index contributed by atoms with van der Waals surface area (Å²) in [4.78, 5) is 27.5. The van der Waals surface area contributed by atoms with Crippen LogP contribution in [0.25, 0.3) is 0 Å². The summed E-state index contributed by atoms with van der Waals surface area (Å²) in [6.45, 7) is 5.18. The molecule has 2 aromatic carbocycles. The van der Waals surface area contributed by atoms with Crippen LogP contribution in [-0.4, -0.2) is 33.0 Å². The quantitative estimate of drug-likeness (QED) is 0.670. The largest absolute Gasteiger partial charge is 0.457 e. The van der Waals surface area contributed by atoms with Gasteiger partial charge < -0.3 is 15.0 Å². The van der Waals surface area contributed by atoms with Gasteiger partial charge in [-0.25, -0.2) is 0 Å². The van der Waals surface area contributed by atoms with Crippen molar-refractivity contribution in [3.63, 3.8) is 0 Å². The number of rotatable bonds is 6. The van der Waals surface area contributed by atoms with E-state index in [9.17, 15) is 9.59 Å². The predicted molar refractivity (Wildman–Crippen MR) is 114 cm³/mol. The summed E-state index contributed by atoms with van der Waals surface area (Å²) in [5, 5.41) is 6.95. The second-order valence-electron chi connectivity index (χ2n) is 7.47. The number of carbonyl (C=O) groups excluding carboxylic acids is 2. The van der Waals surface area contributed by atoms with Gasteiger partial charge in [0.2, 0.25) is 0 Å². The molecule has 0 saturated heterocycles. The minimum atomic E-state index is -0.341. The van der Waals surface area contributed by atoms with Crippen molar-refractivity contribution in [2.45, 2.75) is 26.8 Å². The van der Waals surface area contributed by atoms with Gasteiger partial charge in [0.15, 0.2) is 5.82 Å². The third-order valence-electron chi connectivity index (χ3n) is 5.04. The second-order valence-corrected chi connectivity index (χ2v) is 7.47. The fraction of sp³-hybridized carbons (Fsp3) is 0.261. The zero-order chi connectivity index (χ0) is 21.3. The van der Waals surface area contributed by atoms with E-state index in [-0.39, 0.29) is 11.8 Å². The molecule has 2 heterocycles. The molecule has 154 valence electrons. The van der Waals surface area contributed by atoms with Crippen LogP contribution in [-0.2, 0) is 13.6 Å². The Bertz CT molecular complexity index is 1100. The Morgan fingerprint density at radius 2 is 1.97 bits per heavy atom. The van der Waals surface area contributed by atoms with E-state index in [1.54, 1.807) is 41.0 Å². The molecule has 1 aromatic heterocycles. The summed E-state index contributed by atoms with van der Waals surface area (Å²) in [7, 11) is 1.78. The molecule has 0 saturated carbocycles. The first-order valence-corrected chi connectivity index (χ1v) is 9.96. The standard InChI is InChI=1S/C23H24N4O3/c1-4-10-27-14-19-18(23(27)29)12-16(22(28)24-21-9-11-26(3)25-21)13-20(19)30-17-7-5-15(2)6-8-17/h5-9,11-13H,4,10,14H2,1-3H3,(H,24,25,28). The average Bonchev–Trinajstić information content (AvgIpc) is 3.27. The van der Waals surface area contributed by atoms with Crippen LogP contribution in [0, 0.1) is 6.92 Å². The smallest absolute Gasteiger partial charge is 0.257 e. The Labute approximate surface area is 175 Å². The van der Waals surface area contributed by atoms with Crippen LogP contribution in [0.4, 0.5) is 5.82 Å². The van der Waals surface area contributed by atoms with E-state index in [0.717, 1.165) is 17.5 Å². The molecule has 0 aliphatic carbocycles. The minimum Gasteiger partial charge on any atom is -0.457 e. The van der Waals surface area contributed by atoms with Crippen molar-refractivity contribution in [2.75, 3.05) is 11.9 Å². The number of aryl methyl sites for hydroxylation is 2. The first-order chi connectivity index (χ1) is 14.4. The van der Waals surface area contributed by atoms with Crippen LogP contribution in [0.15, 0.2) is 48.7 Å². The Hall–Kier alpha value is -3.61. The Kier molecular flexibility index (Phi) is 5.27. The highest BCUT2D eigenvalue weighted by Crippen LogP contribution is 2.35. The molecular formula is C23H24N4O3. The Morgan fingerprint density at radius 1 is 1.20 bits per heavy atom. The zero-order valence-corrected chi connectivity index (χ0v) is 17.3. The number of amides is 2. The topological polar surface area (TPSA) is 76.5 Å².